The lowest BCUT2D eigenvalue weighted by Gasteiger charge is -2.26. The maximum atomic E-state index is 13.6. The molecule has 11 atom stereocenters. The molecule has 3 saturated heterocycles. The summed E-state index contributed by atoms with van der Waals surface area (Å²) in [6.45, 7) is -8.53. The first-order valence-electron chi connectivity index (χ1n) is 17.2. The second-order valence-corrected chi connectivity index (χ2v) is 18.9. The van der Waals surface area contributed by atoms with Crippen LogP contribution in [0.25, 0.3) is 11.2 Å². The van der Waals surface area contributed by atoms with Gasteiger partial charge in [-0.05, 0) is 24.8 Å². The molecule has 0 amide bonds. The van der Waals surface area contributed by atoms with Crippen LogP contribution in [0.3, 0.4) is 0 Å². The van der Waals surface area contributed by atoms with Gasteiger partial charge in [-0.25, -0.2) is 29.1 Å². The third-order valence-corrected chi connectivity index (χ3v) is 12.6. The number of hydrogen-bond acceptors (Lipinski definition) is 20. The van der Waals surface area contributed by atoms with Crippen LogP contribution in [0.1, 0.15) is 43.5 Å². The smallest absolute Gasteiger partial charge is 0.386 e. The zero-order valence-corrected chi connectivity index (χ0v) is 33.2. The molecule has 3 fully saturated rings. The number of aromatic nitrogens is 8. The molecule has 0 bridgehead atoms. The normalized spacial score (nSPS) is 29.8. The predicted molar refractivity (Wildman–Crippen MR) is 202 cm³/mol. The van der Waals surface area contributed by atoms with Crippen molar-refractivity contribution >= 4 is 60.4 Å². The molecule has 4 aromatic heterocycles. The maximum absolute atomic E-state index is 13.6. The van der Waals surface area contributed by atoms with Gasteiger partial charge in [-0.3, -0.25) is 32.5 Å². The Morgan fingerprint density at radius 3 is 2.37 bits per heavy atom. The van der Waals surface area contributed by atoms with Gasteiger partial charge in [-0.15, -0.1) is 0 Å². The molecule has 3 aliphatic heterocycles. The Morgan fingerprint density at radius 1 is 0.965 bits per heavy atom. The van der Waals surface area contributed by atoms with Gasteiger partial charge in [0.25, 0.3) is 5.56 Å². The third kappa shape index (κ3) is 9.24. The Morgan fingerprint density at radius 2 is 1.63 bits per heavy atom. The minimum atomic E-state index is -4.30. The highest BCUT2D eigenvalue weighted by molar-refractivity contribution is 8.44. The van der Waals surface area contributed by atoms with Gasteiger partial charge >= 0.3 is 24.9 Å². The number of fused-ring (bicyclic) bond motifs is 1. The van der Waals surface area contributed by atoms with Crippen molar-refractivity contribution < 1.29 is 52.0 Å². The maximum Gasteiger partial charge on any atom is 0.386 e. The second-order valence-electron chi connectivity index (χ2n) is 13.3. The van der Waals surface area contributed by atoms with Crippen molar-refractivity contribution in [3.05, 3.63) is 68.0 Å². The van der Waals surface area contributed by atoms with Crippen LogP contribution in [0.5, 0.6) is 0 Å². The SMILES string of the molecule is Cc1cn([C@H]2C[C@H](OP(O)(=S)OC[C@H]3O[C@@H](n4cnc5c(N)ncnc54)C[C@@H]3O)[C@@H](COP(=O)(S)O[C@H]3C[C@H](n4ccc(N)nc4=O)O[C@@H]3CO)O2)c(=O)[nH]c1=O. The number of aliphatic hydroxyl groups excluding tert-OH is 2. The summed E-state index contributed by atoms with van der Waals surface area (Å²) in [6.07, 6.45) is -4.01. The molecule has 4 aromatic rings. The van der Waals surface area contributed by atoms with E-state index in [1.165, 1.54) is 38.0 Å². The number of nitrogens with zero attached hydrogens (tertiary/aromatic N) is 7. The summed E-state index contributed by atoms with van der Waals surface area (Å²) in [4.78, 5) is 66.6. The topological polar surface area (TPSA) is 328 Å². The number of hydrogen-bond donors (Lipinski definition) is 7. The molecule has 24 nitrogen and oxygen atoms in total. The lowest BCUT2D eigenvalue weighted by Crippen LogP contribution is -2.33. The lowest BCUT2D eigenvalue weighted by atomic mass is 10.2. The van der Waals surface area contributed by atoms with Gasteiger partial charge in [0.2, 0.25) is 0 Å². The third-order valence-electron chi connectivity index (χ3n) is 9.40. The molecule has 7 rings (SSSR count). The highest BCUT2D eigenvalue weighted by Crippen LogP contribution is 2.57. The minimum Gasteiger partial charge on any atom is -0.394 e. The number of nitrogens with one attached hydrogen (secondary N) is 1. The zero-order valence-electron chi connectivity index (χ0n) is 29.7. The Kier molecular flexibility index (Phi) is 12.2. The monoisotopic (exact) mass is 876 g/mol. The number of nitrogen functional groups attached to an aromatic ring is 2. The van der Waals surface area contributed by atoms with Crippen LogP contribution in [0.2, 0.25) is 0 Å². The number of thiol groups is 1. The molecule has 0 aliphatic carbocycles. The number of rotatable bonds is 14. The second kappa shape index (κ2) is 16.7. The van der Waals surface area contributed by atoms with Gasteiger partial charge in [0.1, 0.15) is 60.8 Å². The van der Waals surface area contributed by atoms with Crippen LogP contribution in [0, 0.1) is 6.92 Å². The number of ether oxygens (including phenoxy) is 3. The van der Waals surface area contributed by atoms with Crippen LogP contribution in [0.15, 0.2) is 45.5 Å². The molecule has 0 aromatic carbocycles. The molecule has 57 heavy (non-hydrogen) atoms. The average Bonchev–Trinajstić information content (AvgIpc) is 3.93. The molecule has 7 heterocycles. The van der Waals surface area contributed by atoms with Crippen molar-refractivity contribution in [1.29, 1.82) is 0 Å². The van der Waals surface area contributed by atoms with Crippen LogP contribution in [-0.4, -0.2) is 110 Å². The Hall–Kier alpha value is -3.46. The van der Waals surface area contributed by atoms with E-state index in [0.717, 1.165) is 9.13 Å². The van der Waals surface area contributed by atoms with E-state index >= 15 is 0 Å². The van der Waals surface area contributed by atoms with Gasteiger partial charge in [0.05, 0.1) is 38.4 Å². The highest BCUT2D eigenvalue weighted by atomic mass is 32.7. The Balaban J connectivity index is 1.02. The fraction of sp³-hybridized carbons (Fsp3) is 0.552. The quantitative estimate of drug-likeness (QED) is 0.0613. The number of anilines is 2. The first kappa shape index (κ1) is 41.7. The van der Waals surface area contributed by atoms with E-state index in [-0.39, 0.29) is 36.5 Å². The molecule has 28 heteroatoms. The zero-order chi connectivity index (χ0) is 40.8. The van der Waals surface area contributed by atoms with Crippen molar-refractivity contribution in [2.75, 3.05) is 31.3 Å². The molecule has 0 spiro atoms. The molecule has 0 radical (unpaired) electrons. The van der Waals surface area contributed by atoms with E-state index < -0.39 is 106 Å². The summed E-state index contributed by atoms with van der Waals surface area (Å²) in [5.74, 6) is 0.163. The van der Waals surface area contributed by atoms with E-state index in [4.69, 9.17) is 55.6 Å². The lowest BCUT2D eigenvalue weighted by molar-refractivity contribution is -0.0536. The summed E-state index contributed by atoms with van der Waals surface area (Å²) in [6, 6.07) is 1.38. The van der Waals surface area contributed by atoms with Gasteiger partial charge < -0.3 is 49.8 Å². The molecular weight excluding hydrogens is 838 g/mol. The van der Waals surface area contributed by atoms with Crippen molar-refractivity contribution in [2.24, 2.45) is 0 Å². The Labute approximate surface area is 331 Å². The number of H-pyrrole nitrogens is 1. The van der Waals surface area contributed by atoms with Crippen LogP contribution in [0.4, 0.5) is 11.6 Å². The molecule has 310 valence electrons. The highest BCUT2D eigenvalue weighted by Gasteiger charge is 2.45. The van der Waals surface area contributed by atoms with Crippen molar-refractivity contribution in [1.82, 2.24) is 38.6 Å². The number of aliphatic hydroxyl groups is 2. The van der Waals surface area contributed by atoms with Gasteiger partial charge in [-0.1, -0.05) is 12.2 Å². The van der Waals surface area contributed by atoms with E-state index in [1.54, 1.807) is 4.57 Å². The van der Waals surface area contributed by atoms with Crippen LogP contribution < -0.4 is 28.4 Å². The molecule has 8 N–H and O–H groups in total. The van der Waals surface area contributed by atoms with Crippen LogP contribution >= 0.6 is 25.8 Å². The molecule has 0 saturated carbocycles. The number of imidazole rings is 1. The van der Waals surface area contributed by atoms with Crippen molar-refractivity contribution in [2.45, 2.75) is 81.5 Å². The van der Waals surface area contributed by atoms with Gasteiger partial charge in [0.15, 0.2) is 11.5 Å². The van der Waals surface area contributed by atoms with Crippen LogP contribution in [-0.2, 0) is 48.7 Å². The summed E-state index contributed by atoms with van der Waals surface area (Å²) < 4.78 is 57.9. The summed E-state index contributed by atoms with van der Waals surface area (Å²) in [5, 5.41) is 20.7. The largest absolute Gasteiger partial charge is 0.394 e. The first-order valence-corrected chi connectivity index (χ1v) is 22.5. The van der Waals surface area contributed by atoms with Crippen molar-refractivity contribution in [3.8, 4) is 0 Å². The summed E-state index contributed by atoms with van der Waals surface area (Å²) in [5.41, 5.74) is 10.3. The van der Waals surface area contributed by atoms with E-state index in [9.17, 15) is 34.1 Å². The Bertz CT molecular complexity index is 2400. The summed E-state index contributed by atoms with van der Waals surface area (Å²) >= 11 is 9.42. The number of aryl methyl sites for hydroxylation is 1. The first-order chi connectivity index (χ1) is 27.0. The minimum absolute atomic E-state index is 0.00507. The number of aromatic amines is 1. The van der Waals surface area contributed by atoms with Gasteiger partial charge in [0, 0.05) is 37.2 Å². The summed E-state index contributed by atoms with van der Waals surface area (Å²) in [7, 11) is 0. The average molecular weight is 877 g/mol. The number of nitrogens with two attached hydrogens (primary N) is 2. The van der Waals surface area contributed by atoms with Gasteiger partial charge in [-0.2, -0.15) is 4.98 Å². The van der Waals surface area contributed by atoms with E-state index in [1.807, 2.05) is 0 Å². The predicted octanol–water partition coefficient (Wildman–Crippen LogP) is -0.620. The van der Waals surface area contributed by atoms with E-state index in [0.29, 0.717) is 11.2 Å². The molecule has 3 aliphatic rings. The van der Waals surface area contributed by atoms with E-state index in [2.05, 4.69) is 37.2 Å². The fourth-order valence-electron chi connectivity index (χ4n) is 6.58. The molecule has 2 unspecified atom stereocenters. The molecular formula is C29H38N10O14P2S2. The van der Waals surface area contributed by atoms with Crippen molar-refractivity contribution in [3.63, 3.8) is 0 Å². The fourth-order valence-corrected chi connectivity index (χ4v) is 9.58. The standard InChI is InChI=1S/C29H38N10O14P2S2/c1-13-7-38(29(44)36-27(13)42)23-6-16(53-54(45,56)47-9-18-14(41)4-21(50-18)39-12-34-24-25(31)32-11-33-26(24)39)19(51-23)10-48-55(46,57)52-15-5-22(49-17(15)8-40)37-3-2-20(30)35-28(37)43/h2-3,7,11-12,14-19,21-23,40-41H,4-6,8-10H2,1H3,(H,45,56)(H,46,57)(H2,30,35,43)(H2,31,32,33)(H,36,42,44)/t14-,15-,16-,17+,18+,19+,21+,22+,23+,54?,55?/m0/s1.